The second-order valence-corrected chi connectivity index (χ2v) is 9.17. The average molecular weight is 445 g/mol. The van der Waals surface area contributed by atoms with E-state index >= 15 is 0 Å². The van der Waals surface area contributed by atoms with E-state index in [4.69, 9.17) is 14.2 Å². The van der Waals surface area contributed by atoms with Crippen LogP contribution in [0, 0.1) is 0 Å². The van der Waals surface area contributed by atoms with Crippen molar-refractivity contribution in [2.45, 2.75) is 36.6 Å². The molecule has 0 saturated heterocycles. The van der Waals surface area contributed by atoms with Crippen molar-refractivity contribution in [1.29, 1.82) is 0 Å². The Morgan fingerprint density at radius 1 is 0.968 bits per heavy atom. The van der Waals surface area contributed by atoms with E-state index in [1.54, 1.807) is 50.6 Å². The van der Waals surface area contributed by atoms with Gasteiger partial charge in [0.15, 0.2) is 11.5 Å². The predicted molar refractivity (Wildman–Crippen MR) is 121 cm³/mol. The molecule has 0 fully saturated rings. The largest absolute Gasteiger partial charge is 0.497 e. The number of methoxy groups -OCH3 is 3. The first-order valence-corrected chi connectivity index (χ1v) is 11.5. The van der Waals surface area contributed by atoms with Crippen molar-refractivity contribution in [2.75, 3.05) is 32.8 Å². The number of aromatic nitrogens is 1. The molecule has 0 aliphatic heterocycles. The smallest absolute Gasteiger partial charge is 0.210 e. The molecular formula is C23H28N2O5S. The highest BCUT2D eigenvalue weighted by molar-refractivity contribution is 7.91. The van der Waals surface area contributed by atoms with Crippen LogP contribution in [0.15, 0.2) is 52.4 Å². The summed E-state index contributed by atoms with van der Waals surface area (Å²) in [4.78, 5) is 6.83. The summed E-state index contributed by atoms with van der Waals surface area (Å²) in [7, 11) is 0.804. The first kappa shape index (κ1) is 22.7. The maximum atomic E-state index is 13.7. The van der Waals surface area contributed by atoms with Crippen LogP contribution in [-0.2, 0) is 9.84 Å². The minimum Gasteiger partial charge on any atom is -0.497 e. The van der Waals surface area contributed by atoms with Crippen molar-refractivity contribution in [2.24, 2.45) is 0 Å². The molecular weight excluding hydrogens is 416 g/mol. The van der Waals surface area contributed by atoms with Gasteiger partial charge in [0.2, 0.25) is 9.84 Å². The van der Waals surface area contributed by atoms with Gasteiger partial charge in [-0.1, -0.05) is 0 Å². The summed E-state index contributed by atoms with van der Waals surface area (Å²) in [5.74, 6) is 1.63. The molecule has 3 rings (SSSR count). The summed E-state index contributed by atoms with van der Waals surface area (Å²) in [5, 5.41) is 0.683. The minimum absolute atomic E-state index is 0.0634. The molecule has 0 bridgehead atoms. The Bertz CT molecular complexity index is 1170. The van der Waals surface area contributed by atoms with Crippen molar-refractivity contribution in [3.05, 3.63) is 42.6 Å². The van der Waals surface area contributed by atoms with Crippen molar-refractivity contribution >= 4 is 26.4 Å². The zero-order valence-corrected chi connectivity index (χ0v) is 19.5. The third-order valence-electron chi connectivity index (χ3n) is 5.22. The molecule has 1 heterocycles. The Morgan fingerprint density at radius 2 is 1.58 bits per heavy atom. The summed E-state index contributed by atoms with van der Waals surface area (Å²) in [6.45, 7) is 6.67. The van der Waals surface area contributed by atoms with Gasteiger partial charge < -0.3 is 19.1 Å². The lowest BCUT2D eigenvalue weighted by Gasteiger charge is -2.30. The molecule has 31 heavy (non-hydrogen) atoms. The lowest BCUT2D eigenvalue weighted by molar-refractivity contribution is 0.356. The van der Waals surface area contributed by atoms with E-state index in [2.05, 4.69) is 4.98 Å². The zero-order chi connectivity index (χ0) is 22.8. The quantitative estimate of drug-likeness (QED) is 0.512. The van der Waals surface area contributed by atoms with E-state index < -0.39 is 9.84 Å². The lowest BCUT2D eigenvalue weighted by atomic mass is 10.1. The summed E-state index contributed by atoms with van der Waals surface area (Å²) in [6.07, 6.45) is 1.42. The zero-order valence-electron chi connectivity index (χ0n) is 18.7. The molecule has 8 heteroatoms. The Hall–Kier alpha value is -3.00. The van der Waals surface area contributed by atoms with Gasteiger partial charge in [-0.05, 0) is 51.1 Å². The van der Waals surface area contributed by atoms with Gasteiger partial charge in [0, 0.05) is 30.2 Å². The summed E-state index contributed by atoms with van der Waals surface area (Å²) >= 11 is 0. The molecule has 7 nitrogen and oxygen atoms in total. The minimum atomic E-state index is -3.84. The predicted octanol–water partition coefficient (Wildman–Crippen LogP) is 4.33. The highest BCUT2D eigenvalue weighted by Crippen LogP contribution is 2.41. The van der Waals surface area contributed by atoms with Crippen LogP contribution in [0.5, 0.6) is 17.2 Å². The first-order valence-electron chi connectivity index (χ1n) is 9.99. The van der Waals surface area contributed by atoms with Crippen LogP contribution in [-0.4, -0.2) is 47.3 Å². The maximum absolute atomic E-state index is 13.7. The van der Waals surface area contributed by atoms with E-state index in [-0.39, 0.29) is 15.8 Å². The van der Waals surface area contributed by atoms with Crippen LogP contribution < -0.4 is 19.1 Å². The fourth-order valence-corrected chi connectivity index (χ4v) is 5.06. The topological polar surface area (TPSA) is 78.0 Å². The van der Waals surface area contributed by atoms with Gasteiger partial charge in [-0.3, -0.25) is 4.98 Å². The van der Waals surface area contributed by atoms with E-state index in [0.29, 0.717) is 40.4 Å². The third-order valence-corrected chi connectivity index (χ3v) is 6.99. The van der Waals surface area contributed by atoms with Crippen LogP contribution in [0.25, 0.3) is 10.9 Å². The van der Waals surface area contributed by atoms with Gasteiger partial charge >= 0.3 is 0 Å². The number of fused-ring (bicyclic) bond motifs is 1. The molecule has 0 N–H and O–H groups in total. The number of anilines is 1. The van der Waals surface area contributed by atoms with Crippen molar-refractivity contribution in [3.63, 3.8) is 0 Å². The molecule has 0 amide bonds. The van der Waals surface area contributed by atoms with E-state index in [0.717, 1.165) is 0 Å². The summed E-state index contributed by atoms with van der Waals surface area (Å²) in [6, 6.07) is 9.97. The summed E-state index contributed by atoms with van der Waals surface area (Å²) in [5.41, 5.74) is 1.22. The monoisotopic (exact) mass is 444 g/mol. The molecule has 3 aromatic rings. The molecule has 0 spiro atoms. The molecule has 0 aliphatic carbocycles. The fraction of sp³-hybridized carbons (Fsp3) is 0.348. The standard InChI is InChI=1S/C23H28N2O5S/c1-7-25(15(2)3)23-18-12-20(29-5)21(30-6)13-19(18)24-14-22(23)31(26,27)17-10-8-16(28-4)9-11-17/h8-15H,7H2,1-6H3. The number of ether oxygens (including phenoxy) is 3. The number of pyridine rings is 1. The van der Waals surface area contributed by atoms with Gasteiger partial charge in [-0.25, -0.2) is 8.42 Å². The molecule has 2 aromatic carbocycles. The first-order chi connectivity index (χ1) is 14.8. The third kappa shape index (κ3) is 4.12. The SMILES string of the molecule is CCN(c1c(S(=O)(=O)c2ccc(OC)cc2)cnc2cc(OC)c(OC)cc12)C(C)C. The molecule has 1 aromatic heterocycles. The van der Waals surface area contributed by atoms with Crippen LogP contribution >= 0.6 is 0 Å². The Labute approximate surface area is 183 Å². The highest BCUT2D eigenvalue weighted by Gasteiger charge is 2.28. The maximum Gasteiger partial charge on any atom is 0.210 e. The second-order valence-electron chi connectivity index (χ2n) is 7.25. The van der Waals surface area contributed by atoms with Crippen molar-refractivity contribution in [3.8, 4) is 17.2 Å². The van der Waals surface area contributed by atoms with Gasteiger partial charge in [0.05, 0.1) is 37.4 Å². The number of nitrogens with zero attached hydrogens (tertiary/aromatic N) is 2. The van der Waals surface area contributed by atoms with Crippen molar-refractivity contribution in [1.82, 2.24) is 4.98 Å². The number of sulfone groups is 1. The van der Waals surface area contributed by atoms with Crippen LogP contribution in [0.1, 0.15) is 20.8 Å². The molecule has 0 aliphatic rings. The Morgan fingerprint density at radius 3 is 2.10 bits per heavy atom. The molecule has 166 valence electrons. The van der Waals surface area contributed by atoms with Gasteiger partial charge in [-0.15, -0.1) is 0 Å². The number of benzene rings is 2. The Kier molecular flexibility index (Phi) is 6.59. The van der Waals surface area contributed by atoms with Crippen LogP contribution in [0.2, 0.25) is 0 Å². The molecule has 0 saturated carbocycles. The van der Waals surface area contributed by atoms with E-state index in [1.165, 1.54) is 13.3 Å². The Balaban J connectivity index is 2.36. The number of hydrogen-bond donors (Lipinski definition) is 0. The molecule has 0 radical (unpaired) electrons. The van der Waals surface area contributed by atoms with Gasteiger partial charge in [0.1, 0.15) is 10.6 Å². The van der Waals surface area contributed by atoms with E-state index in [1.807, 2.05) is 25.7 Å². The normalized spacial score (nSPS) is 11.6. The molecule has 0 unspecified atom stereocenters. The van der Waals surface area contributed by atoms with Gasteiger partial charge in [0.25, 0.3) is 0 Å². The second kappa shape index (κ2) is 9.01. The van der Waals surface area contributed by atoms with Crippen molar-refractivity contribution < 1.29 is 22.6 Å². The number of hydrogen-bond acceptors (Lipinski definition) is 7. The fourth-order valence-electron chi connectivity index (χ4n) is 3.64. The van der Waals surface area contributed by atoms with Gasteiger partial charge in [-0.2, -0.15) is 0 Å². The van der Waals surface area contributed by atoms with Crippen LogP contribution in [0.3, 0.4) is 0 Å². The summed E-state index contributed by atoms with van der Waals surface area (Å²) < 4.78 is 43.3. The van der Waals surface area contributed by atoms with E-state index in [9.17, 15) is 8.42 Å². The van der Waals surface area contributed by atoms with Crippen LogP contribution in [0.4, 0.5) is 5.69 Å². The molecule has 0 atom stereocenters. The lowest BCUT2D eigenvalue weighted by Crippen LogP contribution is -2.32. The highest BCUT2D eigenvalue weighted by atomic mass is 32.2. The number of rotatable bonds is 8. The average Bonchev–Trinajstić information content (AvgIpc) is 2.78.